The molecule has 0 aliphatic carbocycles. The monoisotopic (exact) mass is 297 g/mol. The van der Waals surface area contributed by atoms with Gasteiger partial charge in [0, 0.05) is 0 Å². The minimum atomic E-state index is -3.62. The van der Waals surface area contributed by atoms with E-state index < -0.39 is 29.1 Å². The number of aromatic nitrogens is 3. The normalized spacial score (nSPS) is 11.9. The van der Waals surface area contributed by atoms with E-state index in [1.807, 2.05) is 0 Å². The Morgan fingerprint density at radius 3 is 2.65 bits per heavy atom. The number of rotatable bonds is 2. The molecule has 0 aliphatic rings. The van der Waals surface area contributed by atoms with E-state index in [9.17, 15) is 18.3 Å². The summed E-state index contributed by atoms with van der Waals surface area (Å²) >= 11 is 1.15. The molecule has 0 saturated carbocycles. The van der Waals surface area contributed by atoms with E-state index in [1.54, 1.807) is 5.38 Å². The zero-order chi connectivity index (χ0) is 14.3. The Hall–Kier alpha value is -2.22. The van der Waals surface area contributed by atoms with Crippen LogP contribution in [0, 0.1) is 5.82 Å². The molecule has 0 radical (unpaired) electrons. The third kappa shape index (κ3) is 1.97. The maximum atomic E-state index is 14.2. The maximum absolute atomic E-state index is 14.2. The third-order valence-electron chi connectivity index (χ3n) is 2.62. The van der Waals surface area contributed by atoms with Crippen molar-refractivity contribution in [3.05, 3.63) is 47.1 Å². The minimum Gasteiger partial charge on any atom is -0.492 e. The van der Waals surface area contributed by atoms with Gasteiger partial charge >= 0.3 is 5.92 Å². The van der Waals surface area contributed by atoms with Gasteiger partial charge in [-0.1, -0.05) is 0 Å². The first-order chi connectivity index (χ1) is 9.48. The highest BCUT2D eigenvalue weighted by atomic mass is 32.1. The van der Waals surface area contributed by atoms with Crippen molar-refractivity contribution in [2.75, 3.05) is 0 Å². The van der Waals surface area contributed by atoms with Gasteiger partial charge in [0.2, 0.25) is 11.7 Å². The standard InChI is InChI=1S/C12H6F3N3OS/c13-6-1-2-8(16-5-6)12(14,15)11-17-7-3-4-20-9(7)10(19)18-11/h1-5H,(H,17,18,19). The fourth-order valence-corrected chi connectivity index (χ4v) is 2.38. The van der Waals surface area contributed by atoms with Gasteiger partial charge in [-0.25, -0.2) is 9.37 Å². The molecule has 3 heterocycles. The lowest BCUT2D eigenvalue weighted by molar-refractivity contribution is 0.0278. The molecule has 0 bridgehead atoms. The van der Waals surface area contributed by atoms with Gasteiger partial charge in [-0.15, -0.1) is 11.3 Å². The molecule has 4 nitrogen and oxygen atoms in total. The Balaban J connectivity index is 2.14. The average molecular weight is 297 g/mol. The van der Waals surface area contributed by atoms with Crippen molar-refractivity contribution in [3.8, 4) is 5.88 Å². The van der Waals surface area contributed by atoms with E-state index in [1.165, 1.54) is 6.07 Å². The molecule has 3 aromatic heterocycles. The van der Waals surface area contributed by atoms with E-state index >= 15 is 0 Å². The van der Waals surface area contributed by atoms with Crippen molar-refractivity contribution in [2.45, 2.75) is 5.92 Å². The van der Waals surface area contributed by atoms with Crippen molar-refractivity contribution in [1.82, 2.24) is 15.0 Å². The van der Waals surface area contributed by atoms with Crippen molar-refractivity contribution in [2.24, 2.45) is 0 Å². The van der Waals surface area contributed by atoms with Crippen LogP contribution in [0.4, 0.5) is 13.2 Å². The molecule has 0 fully saturated rings. The molecule has 102 valence electrons. The van der Waals surface area contributed by atoms with E-state index in [2.05, 4.69) is 15.0 Å². The number of thiophene rings is 1. The maximum Gasteiger partial charge on any atom is 0.348 e. The molecule has 20 heavy (non-hydrogen) atoms. The van der Waals surface area contributed by atoms with Gasteiger partial charge in [-0.3, -0.25) is 4.98 Å². The zero-order valence-corrected chi connectivity index (χ0v) is 10.5. The number of fused-ring (bicyclic) bond motifs is 1. The van der Waals surface area contributed by atoms with Crippen LogP contribution in [0.1, 0.15) is 11.5 Å². The summed E-state index contributed by atoms with van der Waals surface area (Å²) in [6.45, 7) is 0. The highest BCUT2D eigenvalue weighted by Gasteiger charge is 2.40. The highest BCUT2D eigenvalue weighted by Crippen LogP contribution is 2.35. The van der Waals surface area contributed by atoms with E-state index in [-0.39, 0.29) is 5.52 Å². The van der Waals surface area contributed by atoms with Crippen LogP contribution in [0.3, 0.4) is 0 Å². The molecule has 0 amide bonds. The first-order valence-corrected chi connectivity index (χ1v) is 6.31. The first kappa shape index (κ1) is 12.8. The lowest BCUT2D eigenvalue weighted by Crippen LogP contribution is -2.20. The van der Waals surface area contributed by atoms with E-state index in [4.69, 9.17) is 0 Å². The summed E-state index contributed by atoms with van der Waals surface area (Å²) in [7, 11) is 0. The highest BCUT2D eigenvalue weighted by molar-refractivity contribution is 7.17. The Bertz CT molecular complexity index is 773. The van der Waals surface area contributed by atoms with Gasteiger partial charge in [0.1, 0.15) is 16.2 Å². The number of hydrogen-bond acceptors (Lipinski definition) is 5. The second-order valence-corrected chi connectivity index (χ2v) is 4.86. The third-order valence-corrected chi connectivity index (χ3v) is 3.52. The van der Waals surface area contributed by atoms with Crippen molar-refractivity contribution < 1.29 is 18.3 Å². The molecular formula is C12H6F3N3OS. The van der Waals surface area contributed by atoms with Gasteiger partial charge in [-0.2, -0.15) is 13.8 Å². The number of alkyl halides is 2. The SMILES string of the molecule is Oc1nc(C(F)(F)c2ccc(F)cn2)nc2ccsc12. The van der Waals surface area contributed by atoms with Crippen LogP contribution in [-0.4, -0.2) is 20.1 Å². The van der Waals surface area contributed by atoms with Gasteiger partial charge in [-0.05, 0) is 23.6 Å². The molecule has 0 spiro atoms. The average Bonchev–Trinajstić information content (AvgIpc) is 2.88. The van der Waals surface area contributed by atoms with Gasteiger partial charge < -0.3 is 5.11 Å². The van der Waals surface area contributed by atoms with Crippen LogP contribution in [-0.2, 0) is 5.92 Å². The fourth-order valence-electron chi connectivity index (χ4n) is 1.66. The quantitative estimate of drug-likeness (QED) is 0.789. The molecule has 3 rings (SSSR count). The molecule has 1 N–H and O–H groups in total. The number of pyridine rings is 1. The van der Waals surface area contributed by atoms with Crippen molar-refractivity contribution in [3.63, 3.8) is 0 Å². The van der Waals surface area contributed by atoms with Gasteiger partial charge in [0.25, 0.3) is 0 Å². The Kier molecular flexibility index (Phi) is 2.82. The predicted octanol–water partition coefficient (Wildman–Crippen LogP) is 3.07. The molecule has 0 atom stereocenters. The molecule has 8 heteroatoms. The molecular weight excluding hydrogens is 291 g/mol. The topological polar surface area (TPSA) is 58.9 Å². The van der Waals surface area contributed by atoms with Crippen LogP contribution in [0.2, 0.25) is 0 Å². The molecule has 0 aromatic carbocycles. The summed E-state index contributed by atoms with van der Waals surface area (Å²) in [6.07, 6.45) is 0.687. The van der Waals surface area contributed by atoms with Crippen LogP contribution >= 0.6 is 11.3 Å². The second kappa shape index (κ2) is 4.41. The lowest BCUT2D eigenvalue weighted by Gasteiger charge is -2.14. The second-order valence-electron chi connectivity index (χ2n) is 3.94. The summed E-state index contributed by atoms with van der Waals surface area (Å²) in [5, 5.41) is 11.2. The lowest BCUT2D eigenvalue weighted by atomic mass is 10.2. The summed E-state index contributed by atoms with van der Waals surface area (Å²) in [6, 6.07) is 3.23. The predicted molar refractivity (Wildman–Crippen MR) is 66.3 cm³/mol. The largest absolute Gasteiger partial charge is 0.492 e. The van der Waals surface area contributed by atoms with Crippen LogP contribution in [0.25, 0.3) is 10.2 Å². The van der Waals surface area contributed by atoms with E-state index in [0.717, 1.165) is 23.5 Å². The summed E-state index contributed by atoms with van der Waals surface area (Å²) in [5.41, 5.74) is -0.466. The van der Waals surface area contributed by atoms with E-state index in [0.29, 0.717) is 10.9 Å². The van der Waals surface area contributed by atoms with Gasteiger partial charge in [0.15, 0.2) is 0 Å². The van der Waals surface area contributed by atoms with Crippen LogP contribution < -0.4 is 0 Å². The molecule has 3 aromatic rings. The fraction of sp³-hybridized carbons (Fsp3) is 0.0833. The van der Waals surface area contributed by atoms with Crippen LogP contribution in [0.15, 0.2) is 29.8 Å². The number of nitrogens with zero attached hydrogens (tertiary/aromatic N) is 3. The van der Waals surface area contributed by atoms with Crippen LogP contribution in [0.5, 0.6) is 5.88 Å². The molecule has 0 unspecified atom stereocenters. The van der Waals surface area contributed by atoms with Gasteiger partial charge in [0.05, 0.1) is 11.7 Å². The van der Waals surface area contributed by atoms with Crippen molar-refractivity contribution in [1.29, 1.82) is 0 Å². The summed E-state index contributed by atoms with van der Waals surface area (Å²) in [5.74, 6) is -5.73. The summed E-state index contributed by atoms with van der Waals surface area (Å²) in [4.78, 5) is 10.5. The molecule has 0 saturated heterocycles. The zero-order valence-electron chi connectivity index (χ0n) is 9.72. The Morgan fingerprint density at radius 2 is 1.95 bits per heavy atom. The molecule has 0 aliphatic heterocycles. The van der Waals surface area contributed by atoms with Crippen molar-refractivity contribution >= 4 is 21.6 Å². The minimum absolute atomic E-state index is 0.222. The number of aromatic hydroxyl groups is 1. The smallest absolute Gasteiger partial charge is 0.348 e. The first-order valence-electron chi connectivity index (χ1n) is 5.43. The number of halogens is 3. The Morgan fingerprint density at radius 1 is 1.15 bits per heavy atom. The summed E-state index contributed by atoms with van der Waals surface area (Å²) < 4.78 is 41.5. The number of hydrogen-bond donors (Lipinski definition) is 1. The Labute approximate surface area is 114 Å².